The molecule has 1 aromatic heterocycles. The molecule has 0 radical (unpaired) electrons. The summed E-state index contributed by atoms with van der Waals surface area (Å²) in [4.78, 5) is 0. The minimum atomic E-state index is -0.439. The number of hydrogen-bond acceptors (Lipinski definition) is 2. The first-order valence-corrected chi connectivity index (χ1v) is 7.31. The maximum absolute atomic E-state index is 13.5. The molecule has 4 aromatic rings. The number of nitrogens with two attached hydrogens (primary N) is 1. The summed E-state index contributed by atoms with van der Waals surface area (Å²) in [6, 6.07) is 17.5. The third-order valence-electron chi connectivity index (χ3n) is 3.92. The van der Waals surface area contributed by atoms with E-state index >= 15 is 0 Å². The van der Waals surface area contributed by atoms with Gasteiger partial charge in [-0.05, 0) is 34.5 Å². The number of aromatic nitrogens is 2. The monoisotopic (exact) mass is 303 g/mol. The first kappa shape index (κ1) is 13.5. The summed E-state index contributed by atoms with van der Waals surface area (Å²) in [5.74, 6) is -0.439. The van der Waals surface area contributed by atoms with Gasteiger partial charge in [0.1, 0.15) is 5.82 Å². The van der Waals surface area contributed by atoms with Gasteiger partial charge in [-0.25, -0.2) is 4.39 Å². The van der Waals surface area contributed by atoms with Crippen molar-refractivity contribution in [3.63, 3.8) is 0 Å². The number of halogens is 1. The smallest absolute Gasteiger partial charge is 0.148 e. The number of hydrogen-bond donors (Lipinski definition) is 2. The molecule has 0 saturated heterocycles. The zero-order valence-electron chi connectivity index (χ0n) is 12.3. The molecule has 4 heteroatoms. The predicted octanol–water partition coefficient (Wildman–Crippen LogP) is 4.61. The van der Waals surface area contributed by atoms with Gasteiger partial charge in [-0.15, -0.1) is 0 Å². The SMILES string of the molecule is Nc1cc2c(/C=C/c3ccc4ccccc4c3)n[nH]c2cc1F. The molecule has 0 atom stereocenters. The molecule has 3 aromatic carbocycles. The predicted molar refractivity (Wildman–Crippen MR) is 93.3 cm³/mol. The average molecular weight is 303 g/mol. The van der Waals surface area contributed by atoms with Crippen molar-refractivity contribution in [1.82, 2.24) is 10.2 Å². The van der Waals surface area contributed by atoms with Crippen LogP contribution in [0.5, 0.6) is 0 Å². The highest BCUT2D eigenvalue weighted by atomic mass is 19.1. The first-order chi connectivity index (χ1) is 11.2. The van der Waals surface area contributed by atoms with E-state index in [1.54, 1.807) is 6.07 Å². The van der Waals surface area contributed by atoms with Crippen LogP contribution in [-0.2, 0) is 0 Å². The summed E-state index contributed by atoms with van der Waals surface area (Å²) in [7, 11) is 0. The number of rotatable bonds is 2. The Labute approximate surface area is 132 Å². The van der Waals surface area contributed by atoms with Crippen molar-refractivity contribution >= 4 is 39.5 Å². The molecule has 4 rings (SSSR count). The minimum Gasteiger partial charge on any atom is -0.396 e. The molecule has 0 bridgehead atoms. The van der Waals surface area contributed by atoms with Crippen LogP contribution >= 0.6 is 0 Å². The van der Waals surface area contributed by atoms with E-state index < -0.39 is 5.82 Å². The molecule has 0 aliphatic carbocycles. The lowest BCUT2D eigenvalue weighted by Crippen LogP contribution is -1.89. The van der Waals surface area contributed by atoms with Crippen molar-refractivity contribution in [3.8, 4) is 0 Å². The summed E-state index contributed by atoms with van der Waals surface area (Å²) in [6.07, 6.45) is 3.89. The van der Waals surface area contributed by atoms with Gasteiger partial charge in [0.15, 0.2) is 0 Å². The summed E-state index contributed by atoms with van der Waals surface area (Å²) in [6.45, 7) is 0. The zero-order chi connectivity index (χ0) is 15.8. The Morgan fingerprint density at radius 3 is 2.65 bits per heavy atom. The Morgan fingerprint density at radius 1 is 0.957 bits per heavy atom. The van der Waals surface area contributed by atoms with E-state index in [0.29, 0.717) is 5.52 Å². The van der Waals surface area contributed by atoms with Gasteiger partial charge in [0.05, 0.1) is 16.9 Å². The number of fused-ring (bicyclic) bond motifs is 2. The first-order valence-electron chi connectivity index (χ1n) is 7.31. The Kier molecular flexibility index (Phi) is 3.08. The van der Waals surface area contributed by atoms with E-state index in [1.807, 2.05) is 24.3 Å². The van der Waals surface area contributed by atoms with Crippen molar-refractivity contribution in [3.05, 3.63) is 71.7 Å². The maximum Gasteiger partial charge on any atom is 0.148 e. The average Bonchev–Trinajstić information content (AvgIpc) is 2.95. The van der Waals surface area contributed by atoms with Crippen molar-refractivity contribution in [2.75, 3.05) is 5.73 Å². The van der Waals surface area contributed by atoms with Crippen LogP contribution < -0.4 is 5.73 Å². The van der Waals surface area contributed by atoms with Crippen LogP contribution in [0.3, 0.4) is 0 Å². The second kappa shape index (κ2) is 5.25. The molecule has 0 aliphatic rings. The summed E-state index contributed by atoms with van der Waals surface area (Å²) < 4.78 is 13.5. The largest absolute Gasteiger partial charge is 0.396 e. The van der Waals surface area contributed by atoms with Crippen LogP contribution in [0, 0.1) is 5.82 Å². The number of nitrogens with zero attached hydrogens (tertiary/aromatic N) is 1. The Hall–Kier alpha value is -3.14. The molecule has 0 amide bonds. The molecule has 112 valence electrons. The highest BCUT2D eigenvalue weighted by Crippen LogP contribution is 2.24. The zero-order valence-corrected chi connectivity index (χ0v) is 12.3. The topological polar surface area (TPSA) is 54.7 Å². The van der Waals surface area contributed by atoms with Crippen molar-refractivity contribution in [1.29, 1.82) is 0 Å². The lowest BCUT2D eigenvalue weighted by Gasteiger charge is -1.99. The van der Waals surface area contributed by atoms with Crippen molar-refractivity contribution in [2.45, 2.75) is 0 Å². The van der Waals surface area contributed by atoms with Gasteiger partial charge < -0.3 is 5.73 Å². The fourth-order valence-corrected chi connectivity index (χ4v) is 2.69. The van der Waals surface area contributed by atoms with Gasteiger partial charge in [-0.2, -0.15) is 5.10 Å². The van der Waals surface area contributed by atoms with Crippen molar-refractivity contribution in [2.24, 2.45) is 0 Å². The molecule has 0 spiro atoms. The number of nitrogen functional groups attached to an aromatic ring is 1. The van der Waals surface area contributed by atoms with E-state index in [0.717, 1.165) is 16.6 Å². The Morgan fingerprint density at radius 2 is 1.78 bits per heavy atom. The molecule has 3 N–H and O–H groups in total. The highest BCUT2D eigenvalue weighted by Gasteiger charge is 2.07. The normalized spacial score (nSPS) is 11.7. The fourth-order valence-electron chi connectivity index (χ4n) is 2.69. The van der Waals surface area contributed by atoms with Crippen LogP contribution in [0.25, 0.3) is 33.8 Å². The lowest BCUT2D eigenvalue weighted by molar-refractivity contribution is 0.634. The lowest BCUT2D eigenvalue weighted by atomic mass is 10.1. The summed E-state index contributed by atoms with van der Waals surface area (Å²) >= 11 is 0. The van der Waals surface area contributed by atoms with E-state index in [4.69, 9.17) is 5.73 Å². The number of H-pyrrole nitrogens is 1. The fraction of sp³-hybridized carbons (Fsp3) is 0. The third-order valence-corrected chi connectivity index (χ3v) is 3.92. The van der Waals surface area contributed by atoms with Crippen LogP contribution in [0.15, 0.2) is 54.6 Å². The van der Waals surface area contributed by atoms with Gasteiger partial charge in [0.25, 0.3) is 0 Å². The highest BCUT2D eigenvalue weighted by molar-refractivity contribution is 5.92. The molecule has 0 aliphatic heterocycles. The molecule has 3 nitrogen and oxygen atoms in total. The van der Waals surface area contributed by atoms with Crippen LogP contribution in [0.2, 0.25) is 0 Å². The third kappa shape index (κ3) is 2.44. The summed E-state index contributed by atoms with van der Waals surface area (Å²) in [5, 5.41) is 10.2. The number of benzene rings is 3. The second-order valence-corrected chi connectivity index (χ2v) is 5.47. The molecule has 1 heterocycles. The summed E-state index contributed by atoms with van der Waals surface area (Å²) in [5.41, 5.74) is 8.22. The van der Waals surface area contributed by atoms with Gasteiger partial charge in [-0.3, -0.25) is 5.10 Å². The van der Waals surface area contributed by atoms with E-state index in [2.05, 4.69) is 40.5 Å². The maximum atomic E-state index is 13.5. The second-order valence-electron chi connectivity index (χ2n) is 5.47. The quantitative estimate of drug-likeness (QED) is 0.531. The number of anilines is 1. The van der Waals surface area contributed by atoms with Crippen LogP contribution in [-0.4, -0.2) is 10.2 Å². The number of aromatic amines is 1. The van der Waals surface area contributed by atoms with Crippen molar-refractivity contribution < 1.29 is 4.39 Å². The molecule has 0 fully saturated rings. The Balaban J connectivity index is 1.73. The minimum absolute atomic E-state index is 0.124. The molecular weight excluding hydrogens is 289 g/mol. The van der Waals surface area contributed by atoms with E-state index in [1.165, 1.54) is 16.8 Å². The van der Waals surface area contributed by atoms with E-state index in [-0.39, 0.29) is 5.69 Å². The molecule has 0 unspecified atom stereocenters. The Bertz CT molecular complexity index is 1050. The molecule has 0 saturated carbocycles. The van der Waals surface area contributed by atoms with Gasteiger partial charge in [0, 0.05) is 11.5 Å². The van der Waals surface area contributed by atoms with Gasteiger partial charge in [0.2, 0.25) is 0 Å². The molecular formula is C19H14FN3. The van der Waals surface area contributed by atoms with Gasteiger partial charge >= 0.3 is 0 Å². The van der Waals surface area contributed by atoms with Crippen LogP contribution in [0.1, 0.15) is 11.3 Å². The van der Waals surface area contributed by atoms with Gasteiger partial charge in [-0.1, -0.05) is 42.5 Å². The standard InChI is InChI=1S/C19H14FN3/c20-16-11-19-15(10-17(16)21)18(22-23-19)8-6-12-5-7-13-3-1-2-4-14(13)9-12/h1-11H,21H2,(H,22,23)/b8-6+. The van der Waals surface area contributed by atoms with Crippen LogP contribution in [0.4, 0.5) is 10.1 Å². The molecule has 23 heavy (non-hydrogen) atoms. The van der Waals surface area contributed by atoms with E-state index in [9.17, 15) is 4.39 Å². The number of nitrogens with one attached hydrogen (secondary N) is 1.